The molecule has 2 heterocycles. The average molecular weight is 270 g/mol. The van der Waals surface area contributed by atoms with E-state index < -0.39 is 0 Å². The average Bonchev–Trinajstić information content (AvgIpc) is 2.35. The zero-order valence-electron chi connectivity index (χ0n) is 10.2. The molecule has 98 valence electrons. The van der Waals surface area contributed by atoms with Crippen LogP contribution in [0.4, 0.5) is 5.69 Å². The number of rotatable bonds is 3. The summed E-state index contributed by atoms with van der Waals surface area (Å²) in [5.74, 6) is -0.0905. The minimum atomic E-state index is -0.0905. The number of anilines is 1. The standard InChI is InChI=1S/C12H16ClN3O2/c1-8-4-10(12(13)15-6-8)16-11(17)5-9-7-18-3-2-14-9/h4,6,9,14H,2-3,5,7H2,1H3,(H,16,17). The second-order valence-corrected chi connectivity index (χ2v) is 4.69. The molecule has 1 aromatic rings. The summed E-state index contributed by atoms with van der Waals surface area (Å²) >= 11 is 5.92. The number of carbonyl (C=O) groups is 1. The monoisotopic (exact) mass is 269 g/mol. The summed E-state index contributed by atoms with van der Waals surface area (Å²) in [5.41, 5.74) is 1.51. The molecule has 0 aromatic carbocycles. The summed E-state index contributed by atoms with van der Waals surface area (Å²) in [4.78, 5) is 15.8. The van der Waals surface area contributed by atoms with Gasteiger partial charge in [0.25, 0.3) is 0 Å². The highest BCUT2D eigenvalue weighted by Crippen LogP contribution is 2.20. The normalized spacial score (nSPS) is 19.6. The molecular weight excluding hydrogens is 254 g/mol. The molecule has 0 bridgehead atoms. The smallest absolute Gasteiger partial charge is 0.226 e. The number of ether oxygens (including phenoxy) is 1. The van der Waals surface area contributed by atoms with Crippen LogP contribution >= 0.6 is 11.6 Å². The van der Waals surface area contributed by atoms with Crippen molar-refractivity contribution in [1.82, 2.24) is 10.3 Å². The number of hydrogen-bond donors (Lipinski definition) is 2. The van der Waals surface area contributed by atoms with E-state index in [1.807, 2.05) is 6.92 Å². The first kappa shape index (κ1) is 13.3. The molecule has 1 aromatic heterocycles. The number of morpholine rings is 1. The molecule has 6 heteroatoms. The van der Waals surface area contributed by atoms with Crippen LogP contribution in [0.3, 0.4) is 0 Å². The van der Waals surface area contributed by atoms with Gasteiger partial charge in [-0.3, -0.25) is 4.79 Å². The van der Waals surface area contributed by atoms with Gasteiger partial charge in [0.15, 0.2) is 5.15 Å². The summed E-state index contributed by atoms with van der Waals surface area (Å²) in [7, 11) is 0. The summed E-state index contributed by atoms with van der Waals surface area (Å²) in [6.45, 7) is 3.94. The summed E-state index contributed by atoms with van der Waals surface area (Å²) in [6, 6.07) is 1.87. The number of carbonyl (C=O) groups excluding carboxylic acids is 1. The molecule has 2 rings (SSSR count). The van der Waals surface area contributed by atoms with Gasteiger partial charge in [-0.15, -0.1) is 0 Å². The third-order valence-corrected chi connectivity index (χ3v) is 2.98. The number of halogens is 1. The highest BCUT2D eigenvalue weighted by molar-refractivity contribution is 6.32. The highest BCUT2D eigenvalue weighted by Gasteiger charge is 2.17. The Bertz CT molecular complexity index is 433. The SMILES string of the molecule is Cc1cnc(Cl)c(NC(=O)CC2COCCN2)c1. The lowest BCUT2D eigenvalue weighted by Gasteiger charge is -2.23. The zero-order valence-corrected chi connectivity index (χ0v) is 11.0. The van der Waals surface area contributed by atoms with Crippen molar-refractivity contribution in [1.29, 1.82) is 0 Å². The molecule has 2 N–H and O–H groups in total. The van der Waals surface area contributed by atoms with E-state index in [-0.39, 0.29) is 11.9 Å². The Hall–Kier alpha value is -1.17. The van der Waals surface area contributed by atoms with Crippen molar-refractivity contribution in [3.63, 3.8) is 0 Å². The van der Waals surface area contributed by atoms with Gasteiger partial charge in [0.2, 0.25) is 5.91 Å². The number of nitrogens with one attached hydrogen (secondary N) is 2. The summed E-state index contributed by atoms with van der Waals surface area (Å²) < 4.78 is 5.30. The number of nitrogens with zero attached hydrogens (tertiary/aromatic N) is 1. The third-order valence-electron chi connectivity index (χ3n) is 2.68. The van der Waals surface area contributed by atoms with Crippen LogP contribution in [0.25, 0.3) is 0 Å². The molecule has 0 radical (unpaired) electrons. The Kier molecular flexibility index (Phi) is 4.52. The van der Waals surface area contributed by atoms with E-state index in [1.54, 1.807) is 12.3 Å². The van der Waals surface area contributed by atoms with Crippen LogP contribution in [-0.4, -0.2) is 36.7 Å². The van der Waals surface area contributed by atoms with Crippen molar-refractivity contribution < 1.29 is 9.53 Å². The zero-order chi connectivity index (χ0) is 13.0. The minimum Gasteiger partial charge on any atom is -0.378 e. The lowest BCUT2D eigenvalue weighted by Crippen LogP contribution is -2.43. The molecule has 1 aliphatic rings. The maximum atomic E-state index is 11.9. The van der Waals surface area contributed by atoms with Crippen molar-refractivity contribution in [2.75, 3.05) is 25.1 Å². The molecule has 1 amide bonds. The molecule has 0 spiro atoms. The fourth-order valence-corrected chi connectivity index (χ4v) is 1.97. The minimum absolute atomic E-state index is 0.0651. The Morgan fingerprint density at radius 2 is 2.56 bits per heavy atom. The van der Waals surface area contributed by atoms with E-state index in [9.17, 15) is 4.79 Å². The predicted octanol–water partition coefficient (Wildman–Crippen LogP) is 1.36. The maximum Gasteiger partial charge on any atom is 0.226 e. The van der Waals surface area contributed by atoms with Crippen molar-refractivity contribution in [3.8, 4) is 0 Å². The molecule has 1 saturated heterocycles. The largest absolute Gasteiger partial charge is 0.378 e. The number of hydrogen-bond acceptors (Lipinski definition) is 4. The first-order chi connectivity index (χ1) is 8.65. The predicted molar refractivity (Wildman–Crippen MR) is 69.8 cm³/mol. The van der Waals surface area contributed by atoms with E-state index in [2.05, 4.69) is 15.6 Å². The van der Waals surface area contributed by atoms with Crippen molar-refractivity contribution in [2.45, 2.75) is 19.4 Å². The van der Waals surface area contributed by atoms with E-state index in [4.69, 9.17) is 16.3 Å². The number of aromatic nitrogens is 1. The van der Waals surface area contributed by atoms with Gasteiger partial charge < -0.3 is 15.4 Å². The number of pyridine rings is 1. The summed E-state index contributed by atoms with van der Waals surface area (Å²) in [5, 5.41) is 6.30. The highest BCUT2D eigenvalue weighted by atomic mass is 35.5. The fraction of sp³-hybridized carbons (Fsp3) is 0.500. The van der Waals surface area contributed by atoms with Crippen molar-refractivity contribution >= 4 is 23.2 Å². The Morgan fingerprint density at radius 1 is 1.72 bits per heavy atom. The van der Waals surface area contributed by atoms with Gasteiger partial charge in [-0.25, -0.2) is 4.98 Å². The molecule has 1 fully saturated rings. The Labute approximate surface area is 111 Å². The first-order valence-corrected chi connectivity index (χ1v) is 6.26. The second kappa shape index (κ2) is 6.13. The van der Waals surface area contributed by atoms with E-state index in [1.165, 1.54) is 0 Å². The van der Waals surface area contributed by atoms with Gasteiger partial charge in [0.05, 0.1) is 18.9 Å². The van der Waals surface area contributed by atoms with E-state index in [0.717, 1.165) is 12.1 Å². The topological polar surface area (TPSA) is 63.2 Å². The molecule has 0 aliphatic carbocycles. The molecule has 1 unspecified atom stereocenters. The third kappa shape index (κ3) is 3.66. The number of aryl methyl sites for hydroxylation is 1. The fourth-order valence-electron chi connectivity index (χ4n) is 1.82. The van der Waals surface area contributed by atoms with E-state index in [0.29, 0.717) is 30.5 Å². The van der Waals surface area contributed by atoms with Crippen LogP contribution in [0.15, 0.2) is 12.3 Å². The van der Waals surface area contributed by atoms with Gasteiger partial charge in [-0.05, 0) is 18.6 Å². The maximum absolute atomic E-state index is 11.9. The molecular formula is C12H16ClN3O2. The van der Waals surface area contributed by atoms with Crippen LogP contribution in [0.2, 0.25) is 5.15 Å². The Balaban J connectivity index is 1.92. The second-order valence-electron chi connectivity index (χ2n) is 4.33. The van der Waals surface area contributed by atoms with Gasteiger partial charge in [-0.1, -0.05) is 11.6 Å². The van der Waals surface area contributed by atoms with Crippen LogP contribution in [0.1, 0.15) is 12.0 Å². The van der Waals surface area contributed by atoms with Gasteiger partial charge >= 0.3 is 0 Å². The molecule has 18 heavy (non-hydrogen) atoms. The summed E-state index contributed by atoms with van der Waals surface area (Å²) in [6.07, 6.45) is 2.03. The van der Waals surface area contributed by atoms with Gasteiger partial charge in [0.1, 0.15) is 0 Å². The van der Waals surface area contributed by atoms with Gasteiger partial charge in [0, 0.05) is 25.2 Å². The lowest BCUT2D eigenvalue weighted by atomic mass is 10.2. The van der Waals surface area contributed by atoms with Gasteiger partial charge in [-0.2, -0.15) is 0 Å². The van der Waals surface area contributed by atoms with Crippen LogP contribution in [0, 0.1) is 6.92 Å². The quantitative estimate of drug-likeness (QED) is 0.814. The van der Waals surface area contributed by atoms with E-state index >= 15 is 0 Å². The van der Waals surface area contributed by atoms with Crippen LogP contribution < -0.4 is 10.6 Å². The molecule has 1 aliphatic heterocycles. The Morgan fingerprint density at radius 3 is 3.28 bits per heavy atom. The van der Waals surface area contributed by atoms with Crippen molar-refractivity contribution in [2.24, 2.45) is 0 Å². The molecule has 0 saturated carbocycles. The number of amides is 1. The molecule has 5 nitrogen and oxygen atoms in total. The van der Waals surface area contributed by atoms with Crippen molar-refractivity contribution in [3.05, 3.63) is 23.0 Å². The lowest BCUT2D eigenvalue weighted by molar-refractivity contribution is -0.117. The van der Waals surface area contributed by atoms with Crippen LogP contribution in [-0.2, 0) is 9.53 Å². The molecule has 1 atom stereocenters. The first-order valence-electron chi connectivity index (χ1n) is 5.88. The van der Waals surface area contributed by atoms with Crippen LogP contribution in [0.5, 0.6) is 0 Å².